The van der Waals surface area contributed by atoms with E-state index in [9.17, 15) is 4.39 Å². The minimum absolute atomic E-state index is 0.000389. The molecule has 0 amide bonds. The van der Waals surface area contributed by atoms with E-state index in [1.165, 1.54) is 12.1 Å². The summed E-state index contributed by atoms with van der Waals surface area (Å²) >= 11 is 6.02. The molecule has 0 fully saturated rings. The number of rotatable bonds is 6. The van der Waals surface area contributed by atoms with Gasteiger partial charge in [0.05, 0.1) is 12.1 Å². The Morgan fingerprint density at radius 2 is 2.00 bits per heavy atom. The van der Waals surface area contributed by atoms with Crippen molar-refractivity contribution in [1.82, 2.24) is 10.2 Å². The summed E-state index contributed by atoms with van der Waals surface area (Å²) in [5.74, 6) is 0.964. The van der Waals surface area contributed by atoms with Gasteiger partial charge in [0.25, 0.3) is 0 Å². The Labute approximate surface area is 154 Å². The van der Waals surface area contributed by atoms with Crippen LogP contribution in [0.2, 0.25) is 5.02 Å². The Balaban J connectivity index is 1.77. The van der Waals surface area contributed by atoms with Crippen molar-refractivity contribution in [2.45, 2.75) is 6.61 Å². The third-order valence-corrected chi connectivity index (χ3v) is 3.81. The van der Waals surface area contributed by atoms with Crippen molar-refractivity contribution >= 4 is 29.8 Å². The monoisotopic (exact) mass is 375 g/mol. The lowest BCUT2D eigenvalue weighted by atomic mass is 10.2. The van der Waals surface area contributed by atoms with Crippen molar-refractivity contribution in [3.8, 4) is 11.5 Å². The zero-order valence-corrected chi connectivity index (χ0v) is 14.5. The molecule has 0 aliphatic carbocycles. The SMILES string of the molecule is COc1ccc(/C=C/c2nnc(N)o2)cc1OCc1ccc(F)cc1Cl. The van der Waals surface area contributed by atoms with Crippen molar-refractivity contribution in [3.05, 3.63) is 64.3 Å². The maximum absolute atomic E-state index is 13.1. The standard InChI is InChI=1S/C18H15ClFN3O3/c1-24-15-6-2-11(3-7-17-22-23-18(21)26-17)8-16(15)25-10-12-4-5-13(20)9-14(12)19/h2-9H,10H2,1H3,(H2,21,23)/b7-3+. The summed E-state index contributed by atoms with van der Waals surface area (Å²) in [6.07, 6.45) is 3.40. The van der Waals surface area contributed by atoms with E-state index in [0.717, 1.165) is 5.56 Å². The van der Waals surface area contributed by atoms with Crippen LogP contribution in [0.3, 0.4) is 0 Å². The zero-order chi connectivity index (χ0) is 18.5. The minimum atomic E-state index is -0.398. The van der Waals surface area contributed by atoms with Gasteiger partial charge in [0.15, 0.2) is 11.5 Å². The molecule has 0 spiro atoms. The molecule has 26 heavy (non-hydrogen) atoms. The normalized spacial score (nSPS) is 11.0. The molecule has 3 aromatic rings. The quantitative estimate of drug-likeness (QED) is 0.695. The topological polar surface area (TPSA) is 83.4 Å². The molecule has 0 aliphatic rings. The molecular formula is C18H15ClFN3O3. The highest BCUT2D eigenvalue weighted by molar-refractivity contribution is 6.31. The van der Waals surface area contributed by atoms with E-state index in [0.29, 0.717) is 28.0 Å². The maximum Gasteiger partial charge on any atom is 0.313 e. The summed E-state index contributed by atoms with van der Waals surface area (Å²) in [4.78, 5) is 0. The van der Waals surface area contributed by atoms with Crippen molar-refractivity contribution in [2.75, 3.05) is 12.8 Å². The first-order valence-corrected chi connectivity index (χ1v) is 7.95. The van der Waals surface area contributed by atoms with Gasteiger partial charge in [-0.25, -0.2) is 4.39 Å². The summed E-state index contributed by atoms with van der Waals surface area (Å²) < 4.78 is 29.3. The van der Waals surface area contributed by atoms with Crippen LogP contribution < -0.4 is 15.2 Å². The van der Waals surface area contributed by atoms with Gasteiger partial charge < -0.3 is 19.6 Å². The molecule has 1 heterocycles. The Kier molecular flexibility index (Phi) is 5.38. The van der Waals surface area contributed by atoms with Gasteiger partial charge in [0.2, 0.25) is 5.89 Å². The van der Waals surface area contributed by atoms with Crippen LogP contribution in [0.15, 0.2) is 40.8 Å². The van der Waals surface area contributed by atoms with Gasteiger partial charge in [-0.05, 0) is 35.9 Å². The van der Waals surface area contributed by atoms with Crippen LogP contribution in [-0.2, 0) is 6.61 Å². The largest absolute Gasteiger partial charge is 0.493 e. The van der Waals surface area contributed by atoms with Crippen LogP contribution >= 0.6 is 11.6 Å². The molecule has 8 heteroatoms. The lowest BCUT2D eigenvalue weighted by Crippen LogP contribution is -1.99. The zero-order valence-electron chi connectivity index (χ0n) is 13.8. The first-order valence-electron chi connectivity index (χ1n) is 7.57. The second-order valence-corrected chi connectivity index (χ2v) is 5.65. The van der Waals surface area contributed by atoms with Gasteiger partial charge in [-0.2, -0.15) is 0 Å². The van der Waals surface area contributed by atoms with Crippen LogP contribution in [0.1, 0.15) is 17.0 Å². The molecule has 2 aromatic carbocycles. The Bertz CT molecular complexity index is 943. The lowest BCUT2D eigenvalue weighted by Gasteiger charge is -2.12. The van der Waals surface area contributed by atoms with E-state index in [4.69, 9.17) is 31.2 Å². The van der Waals surface area contributed by atoms with Gasteiger partial charge in [0, 0.05) is 11.6 Å². The second kappa shape index (κ2) is 7.88. The molecule has 6 nitrogen and oxygen atoms in total. The predicted molar refractivity (Wildman–Crippen MR) is 96.4 cm³/mol. The predicted octanol–water partition coefficient (Wildman–Crippen LogP) is 4.20. The number of nitrogen functional groups attached to an aromatic ring is 1. The minimum Gasteiger partial charge on any atom is -0.493 e. The molecule has 0 bridgehead atoms. The molecule has 0 aliphatic heterocycles. The summed E-state index contributed by atoms with van der Waals surface area (Å²) in [5, 5.41) is 7.63. The molecular weight excluding hydrogens is 361 g/mol. The number of nitrogens with two attached hydrogens (primary N) is 1. The van der Waals surface area contributed by atoms with Crippen LogP contribution in [-0.4, -0.2) is 17.3 Å². The number of benzene rings is 2. The number of nitrogens with zero attached hydrogens (tertiary/aromatic N) is 2. The van der Waals surface area contributed by atoms with Crippen molar-refractivity contribution in [1.29, 1.82) is 0 Å². The lowest BCUT2D eigenvalue weighted by molar-refractivity contribution is 0.284. The third-order valence-electron chi connectivity index (χ3n) is 3.46. The van der Waals surface area contributed by atoms with Crippen LogP contribution in [0.25, 0.3) is 12.2 Å². The highest BCUT2D eigenvalue weighted by atomic mass is 35.5. The third kappa shape index (κ3) is 4.31. The fourth-order valence-electron chi connectivity index (χ4n) is 2.19. The molecule has 134 valence electrons. The fourth-order valence-corrected chi connectivity index (χ4v) is 2.41. The van der Waals surface area contributed by atoms with E-state index >= 15 is 0 Å². The number of ether oxygens (including phenoxy) is 2. The number of hydrogen-bond acceptors (Lipinski definition) is 6. The van der Waals surface area contributed by atoms with E-state index in [-0.39, 0.29) is 12.6 Å². The Hall–Kier alpha value is -3.06. The molecule has 1 aromatic heterocycles. The Morgan fingerprint density at radius 1 is 1.15 bits per heavy atom. The number of anilines is 1. The maximum atomic E-state index is 13.1. The highest BCUT2D eigenvalue weighted by Crippen LogP contribution is 2.30. The van der Waals surface area contributed by atoms with Gasteiger partial charge in [0.1, 0.15) is 12.4 Å². The van der Waals surface area contributed by atoms with Crippen LogP contribution in [0.4, 0.5) is 10.4 Å². The Morgan fingerprint density at radius 3 is 2.69 bits per heavy atom. The van der Waals surface area contributed by atoms with Gasteiger partial charge in [-0.3, -0.25) is 0 Å². The van der Waals surface area contributed by atoms with Gasteiger partial charge in [-0.1, -0.05) is 28.8 Å². The molecule has 0 saturated carbocycles. The molecule has 2 N–H and O–H groups in total. The molecule has 0 unspecified atom stereocenters. The van der Waals surface area contributed by atoms with E-state index in [1.807, 2.05) is 6.07 Å². The number of aromatic nitrogens is 2. The summed E-state index contributed by atoms with van der Waals surface area (Å²) in [6.45, 7) is 0.169. The highest BCUT2D eigenvalue weighted by Gasteiger charge is 2.08. The van der Waals surface area contributed by atoms with E-state index in [1.54, 1.807) is 37.5 Å². The first-order chi connectivity index (χ1) is 12.5. The van der Waals surface area contributed by atoms with Crippen molar-refractivity contribution in [3.63, 3.8) is 0 Å². The van der Waals surface area contributed by atoms with Crippen molar-refractivity contribution < 1.29 is 18.3 Å². The average molecular weight is 376 g/mol. The molecule has 3 rings (SSSR count). The van der Waals surface area contributed by atoms with Crippen molar-refractivity contribution in [2.24, 2.45) is 0 Å². The summed E-state index contributed by atoms with van der Waals surface area (Å²) in [6, 6.07) is 9.54. The van der Waals surface area contributed by atoms with Gasteiger partial charge in [-0.15, -0.1) is 5.10 Å². The molecule has 0 atom stereocenters. The fraction of sp³-hybridized carbons (Fsp3) is 0.111. The molecule has 0 radical (unpaired) electrons. The first kappa shape index (κ1) is 17.8. The molecule has 0 saturated heterocycles. The number of halogens is 2. The second-order valence-electron chi connectivity index (χ2n) is 5.25. The summed E-state index contributed by atoms with van der Waals surface area (Å²) in [7, 11) is 1.55. The number of hydrogen-bond donors (Lipinski definition) is 1. The average Bonchev–Trinajstić information content (AvgIpc) is 3.04. The van der Waals surface area contributed by atoms with Crippen LogP contribution in [0.5, 0.6) is 11.5 Å². The summed E-state index contributed by atoms with van der Waals surface area (Å²) in [5.41, 5.74) is 6.87. The smallest absolute Gasteiger partial charge is 0.313 e. The van der Waals surface area contributed by atoms with E-state index in [2.05, 4.69) is 10.2 Å². The van der Waals surface area contributed by atoms with Crippen LogP contribution in [0, 0.1) is 5.82 Å². The van der Waals surface area contributed by atoms with Gasteiger partial charge >= 0.3 is 6.01 Å². The van der Waals surface area contributed by atoms with E-state index < -0.39 is 5.82 Å². The number of methoxy groups -OCH3 is 1.